The third-order valence-corrected chi connectivity index (χ3v) is 4.86. The van der Waals surface area contributed by atoms with Crippen molar-refractivity contribution in [3.05, 3.63) is 22.8 Å². The minimum absolute atomic E-state index is 0.109. The van der Waals surface area contributed by atoms with Crippen molar-refractivity contribution < 1.29 is 9.18 Å². The van der Waals surface area contributed by atoms with Crippen LogP contribution in [0.5, 0.6) is 0 Å². The van der Waals surface area contributed by atoms with Crippen molar-refractivity contribution in [1.29, 1.82) is 0 Å². The Morgan fingerprint density at radius 1 is 1.48 bits per heavy atom. The molecule has 1 aliphatic heterocycles. The molecule has 2 aromatic heterocycles. The number of aromatic amines is 1. The summed E-state index contributed by atoms with van der Waals surface area (Å²) in [6.07, 6.45) is 1.75. The number of thiophene rings is 1. The SMILES string of the molecule is Cc1[nH]ncc1-c1cc2c(s1)C(=O)NC(C)(C)N2CCF. The van der Waals surface area contributed by atoms with Gasteiger partial charge in [0.25, 0.3) is 5.91 Å². The molecule has 7 heteroatoms. The molecule has 0 saturated carbocycles. The Bertz CT molecular complexity index is 691. The van der Waals surface area contributed by atoms with Gasteiger partial charge in [0.1, 0.15) is 17.2 Å². The smallest absolute Gasteiger partial charge is 0.265 e. The first-order valence-electron chi connectivity index (χ1n) is 6.74. The summed E-state index contributed by atoms with van der Waals surface area (Å²) in [5.74, 6) is -0.109. The number of rotatable bonds is 3. The molecule has 112 valence electrons. The third-order valence-electron chi connectivity index (χ3n) is 3.71. The van der Waals surface area contributed by atoms with Gasteiger partial charge in [0.2, 0.25) is 0 Å². The Labute approximate surface area is 126 Å². The van der Waals surface area contributed by atoms with E-state index in [2.05, 4.69) is 15.5 Å². The average Bonchev–Trinajstić information content (AvgIpc) is 3.00. The molecule has 0 aromatic carbocycles. The van der Waals surface area contributed by atoms with E-state index in [0.717, 1.165) is 21.8 Å². The van der Waals surface area contributed by atoms with Crippen LogP contribution in [0.25, 0.3) is 10.4 Å². The number of nitrogens with one attached hydrogen (secondary N) is 2. The monoisotopic (exact) mass is 308 g/mol. The van der Waals surface area contributed by atoms with Crippen molar-refractivity contribution in [2.24, 2.45) is 0 Å². The summed E-state index contributed by atoms with van der Waals surface area (Å²) in [5, 5.41) is 9.84. The molecule has 1 aliphatic rings. The highest BCUT2D eigenvalue weighted by Crippen LogP contribution is 2.41. The Balaban J connectivity index is 2.11. The summed E-state index contributed by atoms with van der Waals surface area (Å²) < 4.78 is 12.9. The zero-order valence-corrected chi connectivity index (χ0v) is 13.0. The molecule has 0 unspecified atom stereocenters. The first-order valence-corrected chi connectivity index (χ1v) is 7.56. The molecule has 0 atom stereocenters. The maximum atomic E-state index is 12.9. The maximum absolute atomic E-state index is 12.9. The second-order valence-electron chi connectivity index (χ2n) is 5.59. The van der Waals surface area contributed by atoms with Crippen LogP contribution in [0.1, 0.15) is 29.2 Å². The summed E-state index contributed by atoms with van der Waals surface area (Å²) in [7, 11) is 0. The van der Waals surface area contributed by atoms with Gasteiger partial charge in [-0.2, -0.15) is 5.10 Å². The van der Waals surface area contributed by atoms with E-state index in [4.69, 9.17) is 0 Å². The lowest BCUT2D eigenvalue weighted by Crippen LogP contribution is -2.60. The summed E-state index contributed by atoms with van der Waals surface area (Å²) in [6.45, 7) is 5.48. The van der Waals surface area contributed by atoms with E-state index < -0.39 is 12.3 Å². The Morgan fingerprint density at radius 2 is 2.24 bits per heavy atom. The first-order chi connectivity index (χ1) is 9.94. The zero-order chi connectivity index (χ0) is 15.2. The summed E-state index contributed by atoms with van der Waals surface area (Å²) in [6, 6.07) is 1.95. The molecule has 0 spiro atoms. The molecule has 3 heterocycles. The number of hydrogen-bond donors (Lipinski definition) is 2. The first kappa shape index (κ1) is 14.1. The van der Waals surface area contributed by atoms with Gasteiger partial charge in [-0.3, -0.25) is 9.89 Å². The van der Waals surface area contributed by atoms with Gasteiger partial charge >= 0.3 is 0 Å². The number of nitrogens with zero attached hydrogens (tertiary/aromatic N) is 2. The highest BCUT2D eigenvalue weighted by Gasteiger charge is 2.38. The highest BCUT2D eigenvalue weighted by atomic mass is 32.1. The van der Waals surface area contributed by atoms with Crippen molar-refractivity contribution >= 4 is 22.9 Å². The van der Waals surface area contributed by atoms with E-state index >= 15 is 0 Å². The maximum Gasteiger partial charge on any atom is 0.265 e. The average molecular weight is 308 g/mol. The van der Waals surface area contributed by atoms with Gasteiger partial charge in [-0.25, -0.2) is 4.39 Å². The number of hydrogen-bond acceptors (Lipinski definition) is 4. The largest absolute Gasteiger partial charge is 0.345 e. The van der Waals surface area contributed by atoms with Gasteiger partial charge in [0.05, 0.1) is 11.9 Å². The van der Waals surface area contributed by atoms with Crippen LogP contribution in [0.2, 0.25) is 0 Å². The number of aryl methyl sites for hydroxylation is 1. The molecule has 2 aromatic rings. The molecule has 1 amide bonds. The van der Waals surface area contributed by atoms with Crippen molar-refractivity contribution in [1.82, 2.24) is 15.5 Å². The van der Waals surface area contributed by atoms with Crippen molar-refractivity contribution in [2.45, 2.75) is 26.4 Å². The van der Waals surface area contributed by atoms with Gasteiger partial charge in [-0.1, -0.05) is 0 Å². The molecule has 3 rings (SSSR count). The van der Waals surface area contributed by atoms with Gasteiger partial charge in [-0.15, -0.1) is 11.3 Å². The van der Waals surface area contributed by atoms with E-state index in [1.165, 1.54) is 11.3 Å². The summed E-state index contributed by atoms with van der Waals surface area (Å²) in [4.78, 5) is 15.8. The Morgan fingerprint density at radius 3 is 2.86 bits per heavy atom. The molecule has 0 aliphatic carbocycles. The number of carbonyl (C=O) groups excluding carboxylic acids is 1. The fourth-order valence-electron chi connectivity index (χ4n) is 2.66. The third kappa shape index (κ3) is 2.21. The molecule has 5 nitrogen and oxygen atoms in total. The van der Waals surface area contributed by atoms with Gasteiger partial charge in [0, 0.05) is 22.7 Å². The molecule has 0 saturated heterocycles. The van der Waals surface area contributed by atoms with Gasteiger partial charge in [0.15, 0.2) is 0 Å². The molecular weight excluding hydrogens is 291 g/mol. The summed E-state index contributed by atoms with van der Waals surface area (Å²) in [5.41, 5.74) is 2.12. The Kier molecular flexibility index (Phi) is 3.24. The minimum Gasteiger partial charge on any atom is -0.345 e. The highest BCUT2D eigenvalue weighted by molar-refractivity contribution is 7.18. The lowest BCUT2D eigenvalue weighted by Gasteiger charge is -2.43. The zero-order valence-electron chi connectivity index (χ0n) is 12.2. The van der Waals surface area contributed by atoms with E-state index in [1.807, 2.05) is 31.7 Å². The van der Waals surface area contributed by atoms with Crippen LogP contribution in [-0.2, 0) is 0 Å². The van der Waals surface area contributed by atoms with Crippen molar-refractivity contribution in [3.8, 4) is 10.4 Å². The fourth-order valence-corrected chi connectivity index (χ4v) is 3.79. The van der Waals surface area contributed by atoms with Crippen LogP contribution in [0, 0.1) is 6.92 Å². The van der Waals surface area contributed by atoms with E-state index in [1.54, 1.807) is 6.20 Å². The Hall–Kier alpha value is -1.89. The number of aromatic nitrogens is 2. The molecule has 0 radical (unpaired) electrons. The molecule has 0 bridgehead atoms. The predicted molar refractivity (Wildman–Crippen MR) is 81.5 cm³/mol. The topological polar surface area (TPSA) is 61.0 Å². The molecule has 21 heavy (non-hydrogen) atoms. The molecule has 2 N–H and O–H groups in total. The fraction of sp³-hybridized carbons (Fsp3) is 0.429. The number of halogens is 1. The molecule has 0 fully saturated rings. The standard InChI is InChI=1S/C14H17FN4OS/c1-8-9(7-16-18-8)11-6-10-12(21-11)13(20)17-14(2,3)19(10)5-4-15/h6-7H,4-5H2,1-3H3,(H,16,18)(H,17,20). The molecular formula is C14H17FN4OS. The lowest BCUT2D eigenvalue weighted by molar-refractivity contribution is 0.0902. The number of H-pyrrole nitrogens is 1. The van der Waals surface area contributed by atoms with Crippen LogP contribution >= 0.6 is 11.3 Å². The van der Waals surface area contributed by atoms with E-state index in [0.29, 0.717) is 4.88 Å². The second-order valence-corrected chi connectivity index (χ2v) is 6.64. The van der Waals surface area contributed by atoms with E-state index in [-0.39, 0.29) is 12.5 Å². The van der Waals surface area contributed by atoms with Crippen LogP contribution in [0.4, 0.5) is 10.1 Å². The van der Waals surface area contributed by atoms with Gasteiger partial charge in [-0.05, 0) is 26.8 Å². The minimum atomic E-state index is -0.597. The second kappa shape index (κ2) is 4.84. The predicted octanol–water partition coefficient (Wildman–Crippen LogP) is 2.70. The van der Waals surface area contributed by atoms with Crippen molar-refractivity contribution in [3.63, 3.8) is 0 Å². The van der Waals surface area contributed by atoms with Crippen molar-refractivity contribution in [2.75, 3.05) is 18.1 Å². The number of alkyl halides is 1. The number of anilines is 1. The van der Waals surface area contributed by atoms with Crippen LogP contribution in [0.3, 0.4) is 0 Å². The number of fused-ring (bicyclic) bond motifs is 1. The van der Waals surface area contributed by atoms with Crippen LogP contribution in [-0.4, -0.2) is 35.0 Å². The van der Waals surface area contributed by atoms with Crippen LogP contribution in [0.15, 0.2) is 12.3 Å². The van der Waals surface area contributed by atoms with Crippen LogP contribution < -0.4 is 10.2 Å². The normalized spacial score (nSPS) is 16.8. The lowest BCUT2D eigenvalue weighted by atomic mass is 10.1. The van der Waals surface area contributed by atoms with E-state index in [9.17, 15) is 9.18 Å². The summed E-state index contributed by atoms with van der Waals surface area (Å²) >= 11 is 1.41. The number of amides is 1. The quantitative estimate of drug-likeness (QED) is 0.916. The van der Waals surface area contributed by atoms with Gasteiger partial charge < -0.3 is 10.2 Å². The number of carbonyl (C=O) groups is 1.